The Kier molecular flexibility index (Phi) is 5.16. The number of aromatic nitrogens is 1. The van der Waals surface area contributed by atoms with Crippen molar-refractivity contribution in [1.29, 1.82) is 0 Å². The second kappa shape index (κ2) is 7.30. The molecule has 2 fully saturated rings. The van der Waals surface area contributed by atoms with Gasteiger partial charge in [-0.15, -0.1) is 0 Å². The van der Waals surface area contributed by atoms with Gasteiger partial charge in [0.05, 0.1) is 11.7 Å². The molecule has 1 N–H and O–H groups in total. The van der Waals surface area contributed by atoms with Gasteiger partial charge in [0.2, 0.25) is 0 Å². The van der Waals surface area contributed by atoms with E-state index in [4.69, 9.17) is 0 Å². The van der Waals surface area contributed by atoms with E-state index in [0.717, 1.165) is 57.7 Å². The molecule has 5 heteroatoms. The Balaban J connectivity index is 1.81. The lowest BCUT2D eigenvalue weighted by atomic mass is 9.93. The number of hydrogen-bond acceptors (Lipinski definition) is 4. The monoisotopic (exact) mass is 317 g/mol. The Morgan fingerprint density at radius 3 is 2.78 bits per heavy atom. The quantitative estimate of drug-likeness (QED) is 0.929. The number of hydrogen-bond donors (Lipinski definition) is 1. The Labute approximate surface area is 138 Å². The molecule has 1 amide bonds. The standard InChI is InChI=1S/C18H27N3O2/c1-14(22)15-7-6-12-21(13-15)17-16(8-5-9-19-17)18(23)20-10-3-2-4-11-20/h5,8-9,14-15,22H,2-4,6-7,10-13H2,1H3. The fourth-order valence-corrected chi connectivity index (χ4v) is 3.68. The van der Waals surface area contributed by atoms with Gasteiger partial charge in [0.15, 0.2) is 0 Å². The molecule has 126 valence electrons. The summed E-state index contributed by atoms with van der Waals surface area (Å²) in [5, 5.41) is 9.90. The van der Waals surface area contributed by atoms with Crippen LogP contribution in [0.25, 0.3) is 0 Å². The minimum atomic E-state index is -0.317. The van der Waals surface area contributed by atoms with Crippen molar-refractivity contribution in [1.82, 2.24) is 9.88 Å². The number of carbonyl (C=O) groups excluding carboxylic acids is 1. The van der Waals surface area contributed by atoms with E-state index in [2.05, 4.69) is 9.88 Å². The van der Waals surface area contributed by atoms with Gasteiger partial charge < -0.3 is 14.9 Å². The summed E-state index contributed by atoms with van der Waals surface area (Å²) in [6, 6.07) is 3.74. The summed E-state index contributed by atoms with van der Waals surface area (Å²) in [6.45, 7) is 5.23. The molecule has 2 unspecified atom stereocenters. The van der Waals surface area contributed by atoms with Crippen LogP contribution in [0.15, 0.2) is 18.3 Å². The summed E-state index contributed by atoms with van der Waals surface area (Å²) in [6.07, 6.45) is 6.91. The zero-order valence-corrected chi connectivity index (χ0v) is 13.9. The number of pyridine rings is 1. The highest BCUT2D eigenvalue weighted by Crippen LogP contribution is 2.27. The van der Waals surface area contributed by atoms with Gasteiger partial charge in [0.1, 0.15) is 5.82 Å². The molecule has 1 aromatic rings. The fraction of sp³-hybridized carbons (Fsp3) is 0.667. The highest BCUT2D eigenvalue weighted by Gasteiger charge is 2.28. The summed E-state index contributed by atoms with van der Waals surface area (Å²) < 4.78 is 0. The van der Waals surface area contributed by atoms with Crippen LogP contribution in [0, 0.1) is 5.92 Å². The van der Waals surface area contributed by atoms with E-state index in [1.807, 2.05) is 24.0 Å². The van der Waals surface area contributed by atoms with E-state index in [1.165, 1.54) is 6.42 Å². The van der Waals surface area contributed by atoms with Crippen LogP contribution in [0.5, 0.6) is 0 Å². The smallest absolute Gasteiger partial charge is 0.257 e. The molecule has 0 radical (unpaired) electrons. The summed E-state index contributed by atoms with van der Waals surface area (Å²) in [5.41, 5.74) is 0.709. The third-order valence-corrected chi connectivity index (χ3v) is 5.10. The van der Waals surface area contributed by atoms with Crippen molar-refractivity contribution in [3.8, 4) is 0 Å². The molecule has 0 aliphatic carbocycles. The Morgan fingerprint density at radius 1 is 1.26 bits per heavy atom. The first-order chi connectivity index (χ1) is 11.2. The van der Waals surface area contributed by atoms with Crippen molar-refractivity contribution in [2.24, 2.45) is 5.92 Å². The molecule has 0 spiro atoms. The molecule has 0 bridgehead atoms. The number of rotatable bonds is 3. The fourth-order valence-electron chi connectivity index (χ4n) is 3.68. The summed E-state index contributed by atoms with van der Waals surface area (Å²) in [4.78, 5) is 21.5. The average Bonchev–Trinajstić information content (AvgIpc) is 2.62. The maximum atomic E-state index is 12.9. The maximum absolute atomic E-state index is 12.9. The van der Waals surface area contributed by atoms with Crippen LogP contribution in [0.3, 0.4) is 0 Å². The first-order valence-electron chi connectivity index (χ1n) is 8.84. The van der Waals surface area contributed by atoms with Crippen molar-refractivity contribution in [2.45, 2.75) is 45.1 Å². The molecule has 2 atom stereocenters. The van der Waals surface area contributed by atoms with Crippen LogP contribution in [0.4, 0.5) is 5.82 Å². The number of aliphatic hydroxyl groups is 1. The minimum Gasteiger partial charge on any atom is -0.393 e. The molecule has 2 aliphatic rings. The molecule has 0 saturated carbocycles. The summed E-state index contributed by atoms with van der Waals surface area (Å²) in [7, 11) is 0. The van der Waals surface area contributed by atoms with Crippen LogP contribution < -0.4 is 4.90 Å². The van der Waals surface area contributed by atoms with Crippen LogP contribution in [-0.2, 0) is 0 Å². The molecule has 2 aliphatic heterocycles. The zero-order valence-electron chi connectivity index (χ0n) is 13.9. The van der Waals surface area contributed by atoms with Gasteiger partial charge in [-0.1, -0.05) is 0 Å². The topological polar surface area (TPSA) is 56.7 Å². The number of nitrogens with zero attached hydrogens (tertiary/aromatic N) is 3. The molecule has 0 aromatic carbocycles. The molecule has 3 heterocycles. The Bertz CT molecular complexity index is 541. The summed E-state index contributed by atoms with van der Waals surface area (Å²) >= 11 is 0. The number of aliphatic hydroxyl groups excluding tert-OH is 1. The predicted octanol–water partition coefficient (Wildman–Crippen LogP) is 2.30. The molecular formula is C18H27N3O2. The molecular weight excluding hydrogens is 290 g/mol. The summed E-state index contributed by atoms with van der Waals surface area (Å²) in [5.74, 6) is 1.14. The van der Waals surface area contributed by atoms with Crippen molar-refractivity contribution in [3.05, 3.63) is 23.9 Å². The molecule has 3 rings (SSSR count). The number of piperidine rings is 2. The lowest BCUT2D eigenvalue weighted by molar-refractivity contribution is 0.0724. The Hall–Kier alpha value is -1.62. The van der Waals surface area contributed by atoms with E-state index < -0.39 is 0 Å². The predicted molar refractivity (Wildman–Crippen MR) is 90.6 cm³/mol. The number of likely N-dealkylation sites (tertiary alicyclic amines) is 1. The van der Waals surface area contributed by atoms with Gasteiger partial charge in [0, 0.05) is 38.3 Å². The number of anilines is 1. The van der Waals surface area contributed by atoms with Crippen molar-refractivity contribution < 1.29 is 9.90 Å². The molecule has 5 nitrogen and oxygen atoms in total. The normalized spacial score (nSPS) is 23.7. The lowest BCUT2D eigenvalue weighted by Crippen LogP contribution is -2.42. The van der Waals surface area contributed by atoms with Crippen LogP contribution >= 0.6 is 0 Å². The van der Waals surface area contributed by atoms with Crippen LogP contribution in [0.2, 0.25) is 0 Å². The van der Waals surface area contributed by atoms with Gasteiger partial charge in [0.25, 0.3) is 5.91 Å². The maximum Gasteiger partial charge on any atom is 0.257 e. The third-order valence-electron chi connectivity index (χ3n) is 5.10. The SMILES string of the molecule is CC(O)C1CCCN(c2ncccc2C(=O)N2CCCCC2)C1. The van der Waals surface area contributed by atoms with Crippen LogP contribution in [0.1, 0.15) is 49.4 Å². The zero-order chi connectivity index (χ0) is 16.2. The van der Waals surface area contributed by atoms with Gasteiger partial charge in [-0.3, -0.25) is 4.79 Å². The van der Waals surface area contributed by atoms with Gasteiger partial charge in [-0.05, 0) is 51.2 Å². The number of carbonyl (C=O) groups is 1. The first kappa shape index (κ1) is 16.2. The lowest BCUT2D eigenvalue weighted by Gasteiger charge is -2.36. The first-order valence-corrected chi connectivity index (χ1v) is 8.84. The third kappa shape index (κ3) is 3.66. The van der Waals surface area contributed by atoms with E-state index in [0.29, 0.717) is 5.56 Å². The van der Waals surface area contributed by atoms with E-state index in [9.17, 15) is 9.90 Å². The Morgan fingerprint density at radius 2 is 2.04 bits per heavy atom. The molecule has 1 aromatic heterocycles. The highest BCUT2D eigenvalue weighted by atomic mass is 16.3. The van der Waals surface area contributed by atoms with E-state index in [-0.39, 0.29) is 17.9 Å². The molecule has 2 saturated heterocycles. The van der Waals surface area contributed by atoms with E-state index in [1.54, 1.807) is 6.20 Å². The highest BCUT2D eigenvalue weighted by molar-refractivity contribution is 5.99. The van der Waals surface area contributed by atoms with Gasteiger partial charge >= 0.3 is 0 Å². The van der Waals surface area contributed by atoms with E-state index >= 15 is 0 Å². The second-order valence-corrected chi connectivity index (χ2v) is 6.82. The van der Waals surface area contributed by atoms with Gasteiger partial charge in [-0.25, -0.2) is 4.98 Å². The van der Waals surface area contributed by atoms with Crippen LogP contribution in [-0.4, -0.2) is 53.2 Å². The van der Waals surface area contributed by atoms with Gasteiger partial charge in [-0.2, -0.15) is 0 Å². The minimum absolute atomic E-state index is 0.104. The second-order valence-electron chi connectivity index (χ2n) is 6.82. The number of amides is 1. The van der Waals surface area contributed by atoms with Crippen molar-refractivity contribution >= 4 is 11.7 Å². The largest absolute Gasteiger partial charge is 0.393 e. The average molecular weight is 317 g/mol. The van der Waals surface area contributed by atoms with Crippen molar-refractivity contribution in [2.75, 3.05) is 31.1 Å². The molecule has 23 heavy (non-hydrogen) atoms. The van der Waals surface area contributed by atoms with Crippen molar-refractivity contribution in [3.63, 3.8) is 0 Å².